The van der Waals surface area contributed by atoms with Gasteiger partial charge in [0.25, 0.3) is 5.91 Å². The standard InChI is InChI=1S/C22H20N2O4/c1-15(28-19-12-11-16-7-3-4-8-17(16)13-19)21(25)24-23-14-18-9-5-6-10-20(18)22(26)27-2/h3-15H,1-2H3,(H,24,25)/b23-14-/t15-/m1/s1. The lowest BCUT2D eigenvalue weighted by Gasteiger charge is -2.13. The van der Waals surface area contributed by atoms with Gasteiger partial charge in [0, 0.05) is 5.56 Å². The summed E-state index contributed by atoms with van der Waals surface area (Å²) in [4.78, 5) is 24.0. The summed E-state index contributed by atoms with van der Waals surface area (Å²) in [5, 5.41) is 6.05. The summed E-state index contributed by atoms with van der Waals surface area (Å²) < 4.78 is 10.4. The zero-order chi connectivity index (χ0) is 19.9. The molecule has 0 aliphatic heterocycles. The molecule has 6 nitrogen and oxygen atoms in total. The van der Waals surface area contributed by atoms with E-state index in [9.17, 15) is 9.59 Å². The van der Waals surface area contributed by atoms with Gasteiger partial charge in [-0.1, -0.05) is 48.5 Å². The molecule has 28 heavy (non-hydrogen) atoms. The third-order valence-electron chi connectivity index (χ3n) is 4.15. The highest BCUT2D eigenvalue weighted by atomic mass is 16.5. The van der Waals surface area contributed by atoms with Gasteiger partial charge in [-0.05, 0) is 35.9 Å². The quantitative estimate of drug-likeness (QED) is 0.405. The van der Waals surface area contributed by atoms with E-state index in [-0.39, 0.29) is 0 Å². The second-order valence-electron chi connectivity index (χ2n) is 6.08. The number of methoxy groups -OCH3 is 1. The SMILES string of the molecule is COC(=O)c1ccccc1/C=N\NC(=O)[C@@H](C)Oc1ccc2ccccc2c1. The number of carbonyl (C=O) groups is 2. The highest BCUT2D eigenvalue weighted by Crippen LogP contribution is 2.21. The Kier molecular flexibility index (Phi) is 6.01. The number of esters is 1. The van der Waals surface area contributed by atoms with E-state index in [1.54, 1.807) is 31.2 Å². The van der Waals surface area contributed by atoms with Crippen LogP contribution in [0.5, 0.6) is 5.75 Å². The van der Waals surface area contributed by atoms with Crippen molar-refractivity contribution in [2.75, 3.05) is 7.11 Å². The second kappa shape index (κ2) is 8.81. The van der Waals surface area contributed by atoms with Gasteiger partial charge in [0.05, 0.1) is 18.9 Å². The number of hydrogen-bond acceptors (Lipinski definition) is 5. The number of hydrogen-bond donors (Lipinski definition) is 1. The molecule has 0 radical (unpaired) electrons. The summed E-state index contributed by atoms with van der Waals surface area (Å²) >= 11 is 0. The van der Waals surface area contributed by atoms with Crippen LogP contribution in [0, 0.1) is 0 Å². The molecule has 0 aliphatic carbocycles. The summed E-state index contributed by atoms with van der Waals surface area (Å²) in [6.07, 6.45) is 0.654. The van der Waals surface area contributed by atoms with E-state index in [4.69, 9.17) is 9.47 Å². The highest BCUT2D eigenvalue weighted by molar-refractivity contribution is 5.99. The lowest BCUT2D eigenvalue weighted by Crippen LogP contribution is -2.33. The fourth-order valence-corrected chi connectivity index (χ4v) is 2.66. The predicted octanol–water partition coefficient (Wildman–Crippen LogP) is 3.54. The summed E-state index contributed by atoms with van der Waals surface area (Å²) in [6.45, 7) is 1.64. The Labute approximate surface area is 162 Å². The van der Waals surface area contributed by atoms with Gasteiger partial charge in [-0.2, -0.15) is 5.10 Å². The molecular formula is C22H20N2O4. The van der Waals surface area contributed by atoms with Crippen molar-refractivity contribution in [2.24, 2.45) is 5.10 Å². The first-order valence-electron chi connectivity index (χ1n) is 8.74. The van der Waals surface area contributed by atoms with Crippen molar-refractivity contribution in [3.63, 3.8) is 0 Å². The van der Waals surface area contributed by atoms with Crippen molar-refractivity contribution >= 4 is 28.9 Å². The number of amides is 1. The summed E-state index contributed by atoms with van der Waals surface area (Å²) in [7, 11) is 1.31. The van der Waals surface area contributed by atoms with E-state index in [1.165, 1.54) is 13.3 Å². The molecule has 0 unspecified atom stereocenters. The average molecular weight is 376 g/mol. The minimum atomic E-state index is -0.742. The van der Waals surface area contributed by atoms with Gasteiger partial charge in [0.1, 0.15) is 5.75 Å². The van der Waals surface area contributed by atoms with Crippen LogP contribution in [-0.2, 0) is 9.53 Å². The number of rotatable bonds is 6. The zero-order valence-electron chi connectivity index (χ0n) is 15.6. The smallest absolute Gasteiger partial charge is 0.338 e. The highest BCUT2D eigenvalue weighted by Gasteiger charge is 2.14. The normalized spacial score (nSPS) is 11.9. The Balaban J connectivity index is 1.63. The Bertz CT molecular complexity index is 1030. The van der Waals surface area contributed by atoms with Crippen molar-refractivity contribution in [2.45, 2.75) is 13.0 Å². The molecule has 0 bridgehead atoms. The molecule has 3 aromatic rings. The summed E-state index contributed by atoms with van der Waals surface area (Å²) in [6, 6.07) is 20.4. The molecule has 1 amide bonds. The molecule has 1 atom stereocenters. The number of nitrogens with one attached hydrogen (secondary N) is 1. The Hall–Kier alpha value is -3.67. The molecular weight excluding hydrogens is 356 g/mol. The van der Waals surface area contributed by atoms with E-state index in [1.807, 2.05) is 42.5 Å². The van der Waals surface area contributed by atoms with Crippen molar-refractivity contribution in [1.29, 1.82) is 0 Å². The number of nitrogens with zero attached hydrogens (tertiary/aromatic N) is 1. The molecule has 0 saturated carbocycles. The van der Waals surface area contributed by atoms with Crippen LogP contribution in [0.25, 0.3) is 10.8 Å². The first-order valence-corrected chi connectivity index (χ1v) is 8.74. The van der Waals surface area contributed by atoms with Gasteiger partial charge in [-0.15, -0.1) is 0 Å². The minimum Gasteiger partial charge on any atom is -0.481 e. The van der Waals surface area contributed by atoms with Gasteiger partial charge in [0.2, 0.25) is 0 Å². The molecule has 0 fully saturated rings. The van der Waals surface area contributed by atoms with Crippen LogP contribution in [0.15, 0.2) is 71.8 Å². The third kappa shape index (κ3) is 4.54. The fraction of sp³-hybridized carbons (Fsp3) is 0.136. The van der Waals surface area contributed by atoms with E-state index >= 15 is 0 Å². The molecule has 1 N–H and O–H groups in total. The van der Waals surface area contributed by atoms with Crippen LogP contribution >= 0.6 is 0 Å². The maximum Gasteiger partial charge on any atom is 0.338 e. The van der Waals surface area contributed by atoms with Gasteiger partial charge >= 0.3 is 5.97 Å². The molecule has 0 aromatic heterocycles. The largest absolute Gasteiger partial charge is 0.481 e. The Morgan fingerprint density at radius 1 is 1.00 bits per heavy atom. The molecule has 0 heterocycles. The molecule has 0 aliphatic rings. The molecule has 3 rings (SSSR count). The van der Waals surface area contributed by atoms with Gasteiger partial charge in [-0.25, -0.2) is 10.2 Å². The molecule has 3 aromatic carbocycles. The number of benzene rings is 3. The van der Waals surface area contributed by atoms with Crippen molar-refractivity contribution < 1.29 is 19.1 Å². The minimum absolute atomic E-state index is 0.364. The first kappa shape index (κ1) is 19.1. The van der Waals surface area contributed by atoms with E-state index in [2.05, 4.69) is 10.5 Å². The molecule has 142 valence electrons. The summed E-state index contributed by atoms with van der Waals surface area (Å²) in [5.41, 5.74) is 3.33. The Morgan fingerprint density at radius 2 is 1.71 bits per heavy atom. The van der Waals surface area contributed by atoms with Crippen LogP contribution in [0.4, 0.5) is 0 Å². The lowest BCUT2D eigenvalue weighted by molar-refractivity contribution is -0.127. The lowest BCUT2D eigenvalue weighted by atomic mass is 10.1. The zero-order valence-corrected chi connectivity index (χ0v) is 15.6. The number of hydrazone groups is 1. The fourth-order valence-electron chi connectivity index (χ4n) is 2.66. The first-order chi connectivity index (χ1) is 13.6. The van der Waals surface area contributed by atoms with Crippen LogP contribution in [0.3, 0.4) is 0 Å². The van der Waals surface area contributed by atoms with Gasteiger partial charge in [0.15, 0.2) is 6.10 Å². The van der Waals surface area contributed by atoms with Crippen molar-refractivity contribution in [3.8, 4) is 5.75 Å². The van der Waals surface area contributed by atoms with E-state index in [0.29, 0.717) is 16.9 Å². The molecule has 0 spiro atoms. The van der Waals surface area contributed by atoms with Crippen LogP contribution in [-0.4, -0.2) is 31.3 Å². The van der Waals surface area contributed by atoms with Gasteiger partial charge in [-0.3, -0.25) is 4.79 Å². The van der Waals surface area contributed by atoms with E-state index in [0.717, 1.165) is 10.8 Å². The predicted molar refractivity (Wildman–Crippen MR) is 108 cm³/mol. The van der Waals surface area contributed by atoms with Crippen molar-refractivity contribution in [1.82, 2.24) is 5.43 Å². The number of carbonyl (C=O) groups excluding carboxylic acids is 2. The maximum atomic E-state index is 12.2. The van der Waals surface area contributed by atoms with Gasteiger partial charge < -0.3 is 9.47 Å². The number of ether oxygens (including phenoxy) is 2. The van der Waals surface area contributed by atoms with Crippen LogP contribution < -0.4 is 10.2 Å². The average Bonchev–Trinajstić information content (AvgIpc) is 2.73. The van der Waals surface area contributed by atoms with Crippen LogP contribution in [0.2, 0.25) is 0 Å². The monoisotopic (exact) mass is 376 g/mol. The Morgan fingerprint density at radius 3 is 2.50 bits per heavy atom. The third-order valence-corrected chi connectivity index (χ3v) is 4.15. The maximum absolute atomic E-state index is 12.2. The molecule has 6 heteroatoms. The summed E-state index contributed by atoms with van der Waals surface area (Å²) in [5.74, 6) is -0.275. The van der Waals surface area contributed by atoms with E-state index < -0.39 is 18.0 Å². The second-order valence-corrected chi connectivity index (χ2v) is 6.08. The number of fused-ring (bicyclic) bond motifs is 1. The topological polar surface area (TPSA) is 77.0 Å². The van der Waals surface area contributed by atoms with Crippen LogP contribution in [0.1, 0.15) is 22.8 Å². The van der Waals surface area contributed by atoms with Crippen molar-refractivity contribution in [3.05, 3.63) is 77.9 Å². The molecule has 0 saturated heterocycles.